The van der Waals surface area contributed by atoms with Gasteiger partial charge in [-0.1, -0.05) is 0 Å². The predicted molar refractivity (Wildman–Crippen MR) is 95.4 cm³/mol. The molecule has 8 heteroatoms. The summed E-state index contributed by atoms with van der Waals surface area (Å²) in [6.07, 6.45) is 3.65. The number of imidazole rings is 1. The zero-order valence-corrected chi connectivity index (χ0v) is 14.5. The van der Waals surface area contributed by atoms with Crippen molar-refractivity contribution in [3.05, 3.63) is 35.9 Å². The smallest absolute Gasteiger partial charge is 0.226 e. The highest BCUT2D eigenvalue weighted by atomic mass is 35.5. The number of nitrogens with zero attached hydrogens (tertiary/aromatic N) is 4. The van der Waals surface area contributed by atoms with Gasteiger partial charge in [0, 0.05) is 12.3 Å². The van der Waals surface area contributed by atoms with Gasteiger partial charge in [-0.25, -0.2) is 4.98 Å². The van der Waals surface area contributed by atoms with Gasteiger partial charge >= 0.3 is 0 Å². The average Bonchev–Trinajstić information content (AvgIpc) is 3.26. The number of hydrogen-bond donors (Lipinski definition) is 1. The summed E-state index contributed by atoms with van der Waals surface area (Å²) in [5, 5.41) is 3.42. The molecule has 1 aromatic carbocycles. The number of nitrogens with one attached hydrogen (secondary N) is 1. The molecule has 4 rings (SSSR count). The number of ether oxygens (including phenoxy) is 2. The fourth-order valence-electron chi connectivity index (χ4n) is 2.91. The first kappa shape index (κ1) is 16.1. The number of anilines is 2. The van der Waals surface area contributed by atoms with Crippen LogP contribution in [-0.4, -0.2) is 32.7 Å². The lowest BCUT2D eigenvalue weighted by Gasteiger charge is -2.12. The molecule has 130 valence electrons. The van der Waals surface area contributed by atoms with Crippen molar-refractivity contribution in [1.29, 1.82) is 0 Å². The van der Waals surface area contributed by atoms with E-state index in [0.29, 0.717) is 23.6 Å². The summed E-state index contributed by atoms with van der Waals surface area (Å²) >= 11 is 6.13. The van der Waals surface area contributed by atoms with Crippen LogP contribution in [0, 0.1) is 0 Å². The third kappa shape index (κ3) is 3.25. The molecule has 0 bridgehead atoms. The number of aromatic nitrogens is 4. The SMILES string of the molecule is CCOc1ccc(Nc2nc(Cl)nc3c2ncn3C2CCCO2)cc1. The van der Waals surface area contributed by atoms with Crippen molar-refractivity contribution in [3.63, 3.8) is 0 Å². The summed E-state index contributed by atoms with van der Waals surface area (Å²) in [6, 6.07) is 7.64. The molecule has 3 aromatic rings. The fraction of sp³-hybridized carbons (Fsp3) is 0.353. The summed E-state index contributed by atoms with van der Waals surface area (Å²) in [6.45, 7) is 3.34. The lowest BCUT2D eigenvalue weighted by Crippen LogP contribution is -2.07. The van der Waals surface area contributed by atoms with Crippen molar-refractivity contribution in [1.82, 2.24) is 19.5 Å². The first-order chi connectivity index (χ1) is 12.2. The molecule has 0 saturated carbocycles. The van der Waals surface area contributed by atoms with Crippen LogP contribution in [0.5, 0.6) is 5.75 Å². The second kappa shape index (κ2) is 6.85. The maximum absolute atomic E-state index is 6.13. The van der Waals surface area contributed by atoms with E-state index in [1.54, 1.807) is 6.33 Å². The molecule has 1 N–H and O–H groups in total. The number of benzene rings is 1. The molecule has 0 aliphatic carbocycles. The Bertz CT molecular complexity index is 875. The Morgan fingerprint density at radius 3 is 2.88 bits per heavy atom. The van der Waals surface area contributed by atoms with Crippen molar-refractivity contribution in [2.45, 2.75) is 26.0 Å². The molecule has 1 aliphatic heterocycles. The molecule has 25 heavy (non-hydrogen) atoms. The largest absolute Gasteiger partial charge is 0.494 e. The fourth-order valence-corrected chi connectivity index (χ4v) is 3.07. The average molecular weight is 360 g/mol. The first-order valence-corrected chi connectivity index (χ1v) is 8.64. The Balaban J connectivity index is 1.67. The zero-order valence-electron chi connectivity index (χ0n) is 13.8. The Kier molecular flexibility index (Phi) is 4.42. The van der Waals surface area contributed by atoms with Crippen molar-refractivity contribution < 1.29 is 9.47 Å². The van der Waals surface area contributed by atoms with E-state index >= 15 is 0 Å². The van der Waals surface area contributed by atoms with Crippen LogP contribution in [0.25, 0.3) is 11.2 Å². The minimum Gasteiger partial charge on any atom is -0.494 e. The normalized spacial score (nSPS) is 17.1. The number of fused-ring (bicyclic) bond motifs is 1. The second-order valence-electron chi connectivity index (χ2n) is 5.72. The van der Waals surface area contributed by atoms with Gasteiger partial charge in [-0.05, 0) is 55.6 Å². The molecule has 1 unspecified atom stereocenters. The number of halogens is 1. The van der Waals surface area contributed by atoms with Crippen LogP contribution in [0.15, 0.2) is 30.6 Å². The third-order valence-electron chi connectivity index (χ3n) is 4.04. The topological polar surface area (TPSA) is 74.1 Å². The molecule has 0 amide bonds. The van der Waals surface area contributed by atoms with Crippen molar-refractivity contribution >= 4 is 34.3 Å². The Labute approximate surface area is 150 Å². The van der Waals surface area contributed by atoms with Crippen LogP contribution in [0.4, 0.5) is 11.5 Å². The van der Waals surface area contributed by atoms with Crippen LogP contribution in [-0.2, 0) is 4.74 Å². The minimum atomic E-state index is -0.0470. The maximum atomic E-state index is 6.13. The molecule has 3 heterocycles. The number of hydrogen-bond acceptors (Lipinski definition) is 6. The molecule has 7 nitrogen and oxygen atoms in total. The van der Waals surface area contributed by atoms with Gasteiger partial charge < -0.3 is 14.8 Å². The molecule has 0 spiro atoms. The van der Waals surface area contributed by atoms with Crippen LogP contribution in [0.1, 0.15) is 26.0 Å². The molecule has 2 aromatic heterocycles. The standard InChI is InChI=1S/C17H18ClN5O2/c1-2-24-12-7-5-11(6-8-12)20-15-14-16(22-17(18)21-15)23(10-19-14)13-4-3-9-25-13/h5-8,10,13H,2-4,9H2,1H3,(H,20,21,22). The molecule has 1 atom stereocenters. The third-order valence-corrected chi connectivity index (χ3v) is 4.21. The highest BCUT2D eigenvalue weighted by Crippen LogP contribution is 2.30. The van der Waals surface area contributed by atoms with Crippen molar-refractivity contribution in [2.24, 2.45) is 0 Å². The van der Waals surface area contributed by atoms with Gasteiger partial charge in [-0.15, -0.1) is 0 Å². The summed E-state index contributed by atoms with van der Waals surface area (Å²) < 4.78 is 13.1. The maximum Gasteiger partial charge on any atom is 0.226 e. The van der Waals surface area contributed by atoms with Gasteiger partial charge in [0.2, 0.25) is 5.28 Å². The highest BCUT2D eigenvalue weighted by Gasteiger charge is 2.22. The second-order valence-corrected chi connectivity index (χ2v) is 6.05. The Morgan fingerprint density at radius 2 is 2.16 bits per heavy atom. The van der Waals surface area contributed by atoms with Crippen molar-refractivity contribution in [3.8, 4) is 5.75 Å². The van der Waals surface area contributed by atoms with Gasteiger partial charge in [0.05, 0.1) is 12.9 Å². The van der Waals surface area contributed by atoms with Crippen LogP contribution in [0.3, 0.4) is 0 Å². The molecular weight excluding hydrogens is 342 g/mol. The van der Waals surface area contributed by atoms with E-state index in [1.807, 2.05) is 35.8 Å². The van der Waals surface area contributed by atoms with Gasteiger partial charge in [-0.3, -0.25) is 4.57 Å². The van der Waals surface area contributed by atoms with E-state index in [4.69, 9.17) is 21.1 Å². The van der Waals surface area contributed by atoms with Gasteiger partial charge in [-0.2, -0.15) is 9.97 Å². The molecule has 1 aliphatic rings. The quantitative estimate of drug-likeness (QED) is 0.696. The number of rotatable bonds is 5. The summed E-state index contributed by atoms with van der Waals surface area (Å²) in [4.78, 5) is 13.1. The van der Waals surface area contributed by atoms with E-state index in [2.05, 4.69) is 20.3 Å². The molecular formula is C17H18ClN5O2. The van der Waals surface area contributed by atoms with E-state index in [0.717, 1.165) is 30.9 Å². The molecule has 1 saturated heterocycles. The van der Waals surface area contributed by atoms with Gasteiger partial charge in [0.1, 0.15) is 12.0 Å². The van der Waals surface area contributed by atoms with E-state index in [9.17, 15) is 0 Å². The van der Waals surface area contributed by atoms with Crippen LogP contribution in [0.2, 0.25) is 5.28 Å². The minimum absolute atomic E-state index is 0.0470. The van der Waals surface area contributed by atoms with Crippen molar-refractivity contribution in [2.75, 3.05) is 18.5 Å². The molecule has 1 fully saturated rings. The van der Waals surface area contributed by atoms with E-state index < -0.39 is 0 Å². The molecule has 0 radical (unpaired) electrons. The van der Waals surface area contributed by atoms with Gasteiger partial charge in [0.25, 0.3) is 0 Å². The zero-order chi connectivity index (χ0) is 17.2. The summed E-state index contributed by atoms with van der Waals surface area (Å²) in [5.41, 5.74) is 2.19. The van der Waals surface area contributed by atoms with Crippen LogP contribution < -0.4 is 10.1 Å². The summed E-state index contributed by atoms with van der Waals surface area (Å²) in [7, 11) is 0. The Hall–Kier alpha value is -2.38. The summed E-state index contributed by atoms with van der Waals surface area (Å²) in [5.74, 6) is 1.39. The Morgan fingerprint density at radius 1 is 1.32 bits per heavy atom. The monoisotopic (exact) mass is 359 g/mol. The van der Waals surface area contributed by atoms with E-state index in [1.165, 1.54) is 0 Å². The highest BCUT2D eigenvalue weighted by molar-refractivity contribution is 6.28. The predicted octanol–water partition coefficient (Wildman–Crippen LogP) is 3.93. The lowest BCUT2D eigenvalue weighted by molar-refractivity contribution is 0.0593. The van der Waals surface area contributed by atoms with Crippen LogP contribution >= 0.6 is 11.6 Å². The lowest BCUT2D eigenvalue weighted by atomic mass is 10.3. The first-order valence-electron chi connectivity index (χ1n) is 8.26. The van der Waals surface area contributed by atoms with Gasteiger partial charge in [0.15, 0.2) is 17.0 Å². The van der Waals surface area contributed by atoms with E-state index in [-0.39, 0.29) is 11.5 Å².